The zero-order valence-electron chi connectivity index (χ0n) is 17.3. The maximum atomic E-state index is 13.3. The predicted molar refractivity (Wildman–Crippen MR) is 113 cm³/mol. The molecule has 0 bridgehead atoms. The Hall–Kier alpha value is -3.21. The van der Waals surface area contributed by atoms with Crippen LogP contribution >= 0.6 is 11.5 Å². The van der Waals surface area contributed by atoms with Crippen molar-refractivity contribution in [1.82, 2.24) is 23.8 Å². The van der Waals surface area contributed by atoms with Gasteiger partial charge >= 0.3 is 0 Å². The lowest BCUT2D eigenvalue weighted by molar-refractivity contribution is -0.117. The number of nitrogens with zero attached hydrogens (tertiary/aromatic N) is 6. The van der Waals surface area contributed by atoms with E-state index >= 15 is 0 Å². The Morgan fingerprint density at radius 1 is 1.19 bits per heavy atom. The molecule has 1 saturated heterocycles. The molecule has 2 aliphatic rings. The van der Waals surface area contributed by atoms with Crippen molar-refractivity contribution in [2.24, 2.45) is 0 Å². The molecule has 1 atom stereocenters. The first-order valence-electron chi connectivity index (χ1n) is 10.3. The molecule has 2 amide bonds. The molecule has 5 rings (SSSR count). The summed E-state index contributed by atoms with van der Waals surface area (Å²) in [5.41, 5.74) is 1.12. The van der Waals surface area contributed by atoms with Crippen molar-refractivity contribution in [2.45, 2.75) is 39.0 Å². The SMILES string of the molecule is CC1c2c(N3CCCC3=O)nc(-c3nc(CF)ns3)n2CCN1C(=O)c1ccc(F)cc1. The summed E-state index contributed by atoms with van der Waals surface area (Å²) in [5, 5.41) is 0.474. The van der Waals surface area contributed by atoms with E-state index in [1.54, 1.807) is 9.80 Å². The number of aromatic nitrogens is 4. The van der Waals surface area contributed by atoms with Gasteiger partial charge in [-0.15, -0.1) is 0 Å². The van der Waals surface area contributed by atoms with Crippen molar-refractivity contribution in [3.8, 4) is 10.8 Å². The summed E-state index contributed by atoms with van der Waals surface area (Å²) in [4.78, 5) is 38.0. The molecule has 32 heavy (non-hydrogen) atoms. The van der Waals surface area contributed by atoms with E-state index in [4.69, 9.17) is 4.98 Å². The van der Waals surface area contributed by atoms with E-state index in [-0.39, 0.29) is 23.7 Å². The van der Waals surface area contributed by atoms with E-state index in [9.17, 15) is 18.4 Å². The molecular formula is C21H20F2N6O2S. The molecule has 8 nitrogen and oxygen atoms in total. The first-order valence-corrected chi connectivity index (χ1v) is 11.1. The van der Waals surface area contributed by atoms with Gasteiger partial charge in [-0.3, -0.25) is 14.5 Å². The highest BCUT2D eigenvalue weighted by Gasteiger charge is 2.38. The highest BCUT2D eigenvalue weighted by Crippen LogP contribution is 2.39. The van der Waals surface area contributed by atoms with Gasteiger partial charge in [0, 0.05) is 31.6 Å². The average Bonchev–Trinajstić information content (AvgIpc) is 3.52. The Balaban J connectivity index is 1.57. The van der Waals surface area contributed by atoms with Crippen molar-refractivity contribution in [3.63, 3.8) is 0 Å². The maximum Gasteiger partial charge on any atom is 0.254 e. The van der Waals surface area contributed by atoms with Crippen LogP contribution in [0.15, 0.2) is 24.3 Å². The van der Waals surface area contributed by atoms with Gasteiger partial charge in [0.1, 0.15) is 5.82 Å². The molecule has 3 aromatic rings. The summed E-state index contributed by atoms with van der Waals surface area (Å²) >= 11 is 1.06. The Morgan fingerprint density at radius 2 is 1.97 bits per heavy atom. The Morgan fingerprint density at radius 3 is 2.62 bits per heavy atom. The van der Waals surface area contributed by atoms with Crippen LogP contribution in [-0.4, -0.2) is 48.7 Å². The molecule has 1 fully saturated rings. The highest BCUT2D eigenvalue weighted by molar-refractivity contribution is 7.09. The quantitative estimate of drug-likeness (QED) is 0.599. The van der Waals surface area contributed by atoms with E-state index in [1.807, 2.05) is 11.5 Å². The van der Waals surface area contributed by atoms with Crippen LogP contribution in [0.2, 0.25) is 0 Å². The van der Waals surface area contributed by atoms with Gasteiger partial charge in [0.05, 0.1) is 11.7 Å². The minimum atomic E-state index is -0.766. The molecule has 0 radical (unpaired) electrons. The molecular weight excluding hydrogens is 438 g/mol. The molecule has 11 heteroatoms. The molecule has 0 N–H and O–H groups in total. The number of fused-ring (bicyclic) bond motifs is 1. The first-order chi connectivity index (χ1) is 15.5. The number of benzene rings is 1. The second-order valence-corrected chi connectivity index (χ2v) is 8.53. The number of imidazole rings is 1. The lowest BCUT2D eigenvalue weighted by Gasteiger charge is -2.36. The predicted octanol–water partition coefficient (Wildman–Crippen LogP) is 3.35. The van der Waals surface area contributed by atoms with Crippen LogP contribution in [0.3, 0.4) is 0 Å². The summed E-state index contributed by atoms with van der Waals surface area (Å²) in [6.07, 6.45) is 1.18. The van der Waals surface area contributed by atoms with Crippen molar-refractivity contribution in [1.29, 1.82) is 0 Å². The molecule has 1 aromatic carbocycles. The van der Waals surface area contributed by atoms with Gasteiger partial charge in [-0.25, -0.2) is 18.7 Å². The minimum absolute atomic E-state index is 0.0201. The van der Waals surface area contributed by atoms with Crippen molar-refractivity contribution in [3.05, 3.63) is 47.2 Å². The summed E-state index contributed by atoms with van der Waals surface area (Å²) in [5.74, 6) is 0.471. The minimum Gasteiger partial charge on any atom is -0.328 e. The van der Waals surface area contributed by atoms with Gasteiger partial charge in [-0.05, 0) is 49.1 Å². The molecule has 2 aliphatic heterocycles. The number of alkyl halides is 1. The number of hydrogen-bond acceptors (Lipinski definition) is 6. The topological polar surface area (TPSA) is 84.2 Å². The molecule has 4 heterocycles. The number of rotatable bonds is 4. The molecule has 0 aliphatic carbocycles. The molecule has 2 aromatic heterocycles. The second-order valence-electron chi connectivity index (χ2n) is 7.78. The Labute approximate surface area is 186 Å². The van der Waals surface area contributed by atoms with Crippen molar-refractivity contribution in [2.75, 3.05) is 18.0 Å². The normalized spacial score (nSPS) is 18.3. The van der Waals surface area contributed by atoms with E-state index in [1.165, 1.54) is 24.3 Å². The lowest BCUT2D eigenvalue weighted by Crippen LogP contribution is -2.42. The van der Waals surface area contributed by atoms with Crippen LogP contribution in [0.5, 0.6) is 0 Å². The lowest BCUT2D eigenvalue weighted by atomic mass is 10.1. The van der Waals surface area contributed by atoms with Crippen LogP contribution < -0.4 is 4.90 Å². The summed E-state index contributed by atoms with van der Waals surface area (Å²) in [6.45, 7) is 2.50. The monoisotopic (exact) mass is 458 g/mol. The van der Waals surface area contributed by atoms with Crippen LogP contribution in [0.1, 0.15) is 47.7 Å². The third-order valence-corrected chi connectivity index (χ3v) is 6.62. The van der Waals surface area contributed by atoms with Crippen LogP contribution in [0, 0.1) is 5.82 Å². The molecule has 0 spiro atoms. The van der Waals surface area contributed by atoms with Gasteiger partial charge < -0.3 is 9.47 Å². The van der Waals surface area contributed by atoms with Crippen molar-refractivity contribution >= 4 is 29.2 Å². The number of halogens is 2. The van der Waals surface area contributed by atoms with Crippen LogP contribution in [-0.2, 0) is 18.0 Å². The molecule has 1 unspecified atom stereocenters. The Bertz CT molecular complexity index is 1190. The smallest absolute Gasteiger partial charge is 0.254 e. The number of amides is 2. The van der Waals surface area contributed by atoms with Crippen LogP contribution in [0.25, 0.3) is 10.8 Å². The summed E-state index contributed by atoms with van der Waals surface area (Å²) in [7, 11) is 0. The van der Waals surface area contributed by atoms with Gasteiger partial charge in [-0.2, -0.15) is 4.37 Å². The van der Waals surface area contributed by atoms with Crippen molar-refractivity contribution < 1.29 is 18.4 Å². The van der Waals surface area contributed by atoms with Gasteiger partial charge in [0.25, 0.3) is 5.91 Å². The van der Waals surface area contributed by atoms with E-state index < -0.39 is 12.5 Å². The largest absolute Gasteiger partial charge is 0.328 e. The standard InChI is InChI=1S/C21H20F2N6O2S/c1-12-17-18(28-8-2-3-16(28)30)25-19(20-24-15(11-22)26-32-20)29(17)10-9-27(12)21(31)13-4-6-14(23)7-5-13/h4-7,12H,2-3,8-11H2,1H3. The fourth-order valence-electron chi connectivity index (χ4n) is 4.31. The Kier molecular flexibility index (Phi) is 5.20. The van der Waals surface area contributed by atoms with Gasteiger partial charge in [-0.1, -0.05) is 0 Å². The van der Waals surface area contributed by atoms with Gasteiger partial charge in [0.15, 0.2) is 29.1 Å². The fourth-order valence-corrected chi connectivity index (χ4v) is 4.97. The third-order valence-electron chi connectivity index (χ3n) is 5.88. The first kappa shape index (κ1) is 20.7. The van der Waals surface area contributed by atoms with E-state index in [2.05, 4.69) is 9.36 Å². The molecule has 0 saturated carbocycles. The number of carbonyl (C=O) groups excluding carboxylic acids is 2. The van der Waals surface area contributed by atoms with E-state index in [0.717, 1.165) is 23.6 Å². The number of hydrogen-bond donors (Lipinski definition) is 0. The maximum absolute atomic E-state index is 13.3. The zero-order valence-corrected chi connectivity index (χ0v) is 18.1. The average molecular weight is 458 g/mol. The van der Waals surface area contributed by atoms with Gasteiger partial charge in [0.2, 0.25) is 5.91 Å². The number of anilines is 1. The van der Waals surface area contributed by atoms with E-state index in [0.29, 0.717) is 48.3 Å². The third kappa shape index (κ3) is 3.36. The zero-order chi connectivity index (χ0) is 22.4. The second kappa shape index (κ2) is 8.05. The van der Waals surface area contributed by atoms with Crippen LogP contribution in [0.4, 0.5) is 14.6 Å². The highest BCUT2D eigenvalue weighted by atomic mass is 32.1. The summed E-state index contributed by atoms with van der Waals surface area (Å²) < 4.78 is 32.3. The fraction of sp³-hybridized carbons (Fsp3) is 0.381. The summed E-state index contributed by atoms with van der Waals surface area (Å²) in [6, 6.07) is 5.06. The number of carbonyl (C=O) groups is 2. The molecule has 166 valence electrons.